The van der Waals surface area contributed by atoms with Crippen molar-refractivity contribution < 1.29 is 9.32 Å². The van der Waals surface area contributed by atoms with E-state index < -0.39 is 5.54 Å². The molecule has 1 amide bonds. The minimum absolute atomic E-state index is 0.0731. The first-order valence-corrected chi connectivity index (χ1v) is 10.3. The van der Waals surface area contributed by atoms with Crippen molar-refractivity contribution in [2.24, 2.45) is 5.92 Å². The molecule has 0 aliphatic heterocycles. The van der Waals surface area contributed by atoms with Gasteiger partial charge in [-0.1, -0.05) is 31.8 Å². The van der Waals surface area contributed by atoms with Gasteiger partial charge in [-0.05, 0) is 31.7 Å². The lowest BCUT2D eigenvalue weighted by Gasteiger charge is -2.26. The fourth-order valence-corrected chi connectivity index (χ4v) is 4.92. The van der Waals surface area contributed by atoms with E-state index in [1.54, 1.807) is 6.92 Å². The van der Waals surface area contributed by atoms with Gasteiger partial charge in [0.25, 0.3) is 5.91 Å². The summed E-state index contributed by atoms with van der Waals surface area (Å²) < 4.78 is 7.19. The van der Waals surface area contributed by atoms with E-state index in [0.717, 1.165) is 48.1 Å². The summed E-state index contributed by atoms with van der Waals surface area (Å²) in [7, 11) is 0. The van der Waals surface area contributed by atoms with Crippen molar-refractivity contribution in [2.75, 3.05) is 0 Å². The average Bonchev–Trinajstić information content (AvgIpc) is 3.34. The van der Waals surface area contributed by atoms with Gasteiger partial charge in [0.15, 0.2) is 5.82 Å². The Labute approximate surface area is 162 Å². The van der Waals surface area contributed by atoms with Crippen LogP contribution in [0.25, 0.3) is 10.2 Å². The first-order chi connectivity index (χ1) is 12.9. The zero-order chi connectivity index (χ0) is 19.2. The lowest BCUT2D eigenvalue weighted by molar-refractivity contribution is 0.0896. The molecule has 3 aromatic heterocycles. The average molecular weight is 388 g/mol. The van der Waals surface area contributed by atoms with E-state index in [1.165, 1.54) is 11.3 Å². The summed E-state index contributed by atoms with van der Waals surface area (Å²) in [4.78, 5) is 19.2. The maximum Gasteiger partial charge on any atom is 0.262 e. The van der Waals surface area contributed by atoms with Crippen LogP contribution in [-0.4, -0.2) is 25.8 Å². The molecule has 0 unspecified atom stereocenters. The van der Waals surface area contributed by atoms with Crippen LogP contribution in [0.15, 0.2) is 10.6 Å². The molecule has 0 atom stereocenters. The van der Waals surface area contributed by atoms with Gasteiger partial charge in [0.1, 0.15) is 10.4 Å². The zero-order valence-electron chi connectivity index (χ0n) is 16.2. The number of aromatic nitrogens is 4. The van der Waals surface area contributed by atoms with E-state index in [9.17, 15) is 4.79 Å². The van der Waals surface area contributed by atoms with Crippen molar-refractivity contribution in [3.05, 3.63) is 28.4 Å². The summed E-state index contributed by atoms with van der Waals surface area (Å²) in [5, 5.41) is 13.0. The monoisotopic (exact) mass is 387 g/mol. The summed E-state index contributed by atoms with van der Waals surface area (Å²) in [6, 6.07) is 1.96. The number of fused-ring (bicyclic) bond motifs is 1. The molecule has 0 radical (unpaired) electrons. The lowest BCUT2D eigenvalue weighted by atomic mass is 9.96. The number of hydrogen-bond donors (Lipinski definition) is 1. The molecule has 3 aromatic rings. The standard InChI is InChI=1S/C19H25N5O2S/c1-11(2)10-24-17-14(12(3)22-24)9-15(27-17)16(25)21-19(7-5-6-8-19)18-20-13(4)26-23-18/h9,11H,5-8,10H2,1-4H3,(H,21,25). The first-order valence-electron chi connectivity index (χ1n) is 9.48. The summed E-state index contributed by atoms with van der Waals surface area (Å²) >= 11 is 1.50. The maximum atomic E-state index is 13.1. The van der Waals surface area contributed by atoms with Gasteiger partial charge in [-0.3, -0.25) is 9.48 Å². The van der Waals surface area contributed by atoms with E-state index in [2.05, 4.69) is 34.4 Å². The Hall–Kier alpha value is -2.22. The number of nitrogens with one attached hydrogen (secondary N) is 1. The van der Waals surface area contributed by atoms with Crippen LogP contribution < -0.4 is 5.32 Å². The predicted octanol–water partition coefficient (Wildman–Crippen LogP) is 3.95. The SMILES string of the molecule is Cc1nc(C2(NC(=O)c3cc4c(C)nn(CC(C)C)c4s3)CCCC2)no1. The van der Waals surface area contributed by atoms with E-state index in [0.29, 0.717) is 22.5 Å². The molecule has 8 heteroatoms. The van der Waals surface area contributed by atoms with Crippen molar-refractivity contribution in [2.45, 2.75) is 65.5 Å². The third kappa shape index (κ3) is 3.26. The number of aryl methyl sites for hydroxylation is 2. The van der Waals surface area contributed by atoms with E-state index in [4.69, 9.17) is 4.52 Å². The van der Waals surface area contributed by atoms with Crippen molar-refractivity contribution in [3.8, 4) is 0 Å². The Morgan fingerprint density at radius 3 is 2.74 bits per heavy atom. The number of carbonyl (C=O) groups excluding carboxylic acids is 1. The second-order valence-electron chi connectivity index (χ2n) is 7.87. The molecule has 7 nitrogen and oxygen atoms in total. The van der Waals surface area contributed by atoms with E-state index >= 15 is 0 Å². The largest absolute Gasteiger partial charge is 0.340 e. The molecule has 0 aromatic carbocycles. The number of amides is 1. The summed E-state index contributed by atoms with van der Waals surface area (Å²) in [5.41, 5.74) is 0.439. The van der Waals surface area contributed by atoms with Crippen LogP contribution in [0, 0.1) is 19.8 Å². The fraction of sp³-hybridized carbons (Fsp3) is 0.579. The molecular weight excluding hydrogens is 362 g/mol. The molecule has 144 valence electrons. The topological polar surface area (TPSA) is 85.8 Å². The van der Waals surface area contributed by atoms with Gasteiger partial charge in [0.05, 0.1) is 10.6 Å². The highest BCUT2D eigenvalue weighted by atomic mass is 32.1. The Kier molecular flexibility index (Phi) is 4.53. The molecule has 1 fully saturated rings. The van der Waals surface area contributed by atoms with Crippen molar-refractivity contribution in [3.63, 3.8) is 0 Å². The van der Waals surface area contributed by atoms with E-state index in [-0.39, 0.29) is 5.91 Å². The zero-order valence-corrected chi connectivity index (χ0v) is 17.0. The minimum Gasteiger partial charge on any atom is -0.340 e. The molecule has 0 bridgehead atoms. The van der Waals surface area contributed by atoms with Crippen molar-refractivity contribution >= 4 is 27.5 Å². The van der Waals surface area contributed by atoms with Crippen LogP contribution in [0.2, 0.25) is 0 Å². The first kappa shape index (κ1) is 18.2. The van der Waals surface area contributed by atoms with Gasteiger partial charge in [-0.15, -0.1) is 11.3 Å². The summed E-state index contributed by atoms with van der Waals surface area (Å²) in [6.07, 6.45) is 3.76. The molecular formula is C19H25N5O2S. The van der Waals surface area contributed by atoms with Crippen LogP contribution in [-0.2, 0) is 12.1 Å². The third-order valence-corrected chi connectivity index (χ3v) is 6.28. The summed E-state index contributed by atoms with van der Waals surface area (Å²) in [5.74, 6) is 1.54. The number of thiophene rings is 1. The van der Waals surface area contributed by atoms with Gasteiger partial charge in [-0.25, -0.2) is 0 Å². The highest BCUT2D eigenvalue weighted by Crippen LogP contribution is 2.38. The van der Waals surface area contributed by atoms with Gasteiger partial charge >= 0.3 is 0 Å². The van der Waals surface area contributed by atoms with Crippen LogP contribution in [0.3, 0.4) is 0 Å². The molecule has 27 heavy (non-hydrogen) atoms. The van der Waals surface area contributed by atoms with Gasteiger partial charge in [0.2, 0.25) is 5.89 Å². The maximum absolute atomic E-state index is 13.1. The van der Waals surface area contributed by atoms with Crippen molar-refractivity contribution in [1.82, 2.24) is 25.2 Å². The predicted molar refractivity (Wildman–Crippen MR) is 104 cm³/mol. The number of hydrogen-bond acceptors (Lipinski definition) is 6. The normalized spacial score (nSPS) is 16.5. The van der Waals surface area contributed by atoms with Crippen LogP contribution in [0.4, 0.5) is 0 Å². The molecule has 1 N–H and O–H groups in total. The third-order valence-electron chi connectivity index (χ3n) is 5.13. The highest BCUT2D eigenvalue weighted by Gasteiger charge is 2.41. The molecule has 3 heterocycles. The lowest BCUT2D eigenvalue weighted by Crippen LogP contribution is -2.44. The highest BCUT2D eigenvalue weighted by molar-refractivity contribution is 7.20. The van der Waals surface area contributed by atoms with Gasteiger partial charge < -0.3 is 9.84 Å². The smallest absolute Gasteiger partial charge is 0.262 e. The molecule has 0 spiro atoms. The molecule has 1 aliphatic rings. The van der Waals surface area contributed by atoms with Crippen LogP contribution in [0.5, 0.6) is 0 Å². The minimum atomic E-state index is -0.524. The number of rotatable bonds is 5. The fourth-order valence-electron chi connectivity index (χ4n) is 3.85. The van der Waals surface area contributed by atoms with Gasteiger partial charge in [0, 0.05) is 18.9 Å². The Morgan fingerprint density at radius 2 is 2.11 bits per heavy atom. The molecule has 0 saturated heterocycles. The number of carbonyl (C=O) groups is 1. The Bertz CT molecular complexity index is 978. The number of nitrogens with zero attached hydrogens (tertiary/aromatic N) is 4. The Morgan fingerprint density at radius 1 is 1.37 bits per heavy atom. The second-order valence-corrected chi connectivity index (χ2v) is 8.90. The second kappa shape index (κ2) is 6.74. The van der Waals surface area contributed by atoms with Crippen LogP contribution in [0.1, 0.15) is 66.6 Å². The quantitative estimate of drug-likeness (QED) is 0.716. The summed E-state index contributed by atoms with van der Waals surface area (Å²) in [6.45, 7) is 8.95. The van der Waals surface area contributed by atoms with Crippen molar-refractivity contribution in [1.29, 1.82) is 0 Å². The van der Waals surface area contributed by atoms with Gasteiger partial charge in [-0.2, -0.15) is 10.1 Å². The molecule has 1 saturated carbocycles. The Balaban J connectivity index is 1.64. The molecule has 4 rings (SSSR count). The molecule has 1 aliphatic carbocycles. The van der Waals surface area contributed by atoms with Crippen LogP contribution >= 0.6 is 11.3 Å². The van der Waals surface area contributed by atoms with E-state index in [1.807, 2.05) is 17.7 Å².